The van der Waals surface area contributed by atoms with Crippen LogP contribution in [0.1, 0.15) is 41.5 Å². The maximum Gasteiger partial charge on any atom is 0.255 e. The van der Waals surface area contributed by atoms with Gasteiger partial charge in [-0.05, 0) is 51.1 Å². The standard InChI is InChI=1S/C18H20N2O2/c1-18(2,3)20-17(22)14-10-7-11-15(12-14)19-16(21)13-8-5-4-6-9-13/h4-12H,1-3H3,(H,19,21)(H,20,22). The lowest BCUT2D eigenvalue weighted by atomic mass is 10.1. The fourth-order valence-corrected chi connectivity index (χ4v) is 1.94. The highest BCUT2D eigenvalue weighted by Gasteiger charge is 2.15. The number of benzene rings is 2. The zero-order valence-electron chi connectivity index (χ0n) is 13.0. The van der Waals surface area contributed by atoms with Crippen LogP contribution < -0.4 is 10.6 Å². The summed E-state index contributed by atoms with van der Waals surface area (Å²) >= 11 is 0. The SMILES string of the molecule is CC(C)(C)NC(=O)c1cccc(NC(=O)c2ccccc2)c1. The largest absolute Gasteiger partial charge is 0.347 e. The summed E-state index contributed by atoms with van der Waals surface area (Å²) in [6, 6.07) is 15.9. The second kappa shape index (κ2) is 6.43. The maximum absolute atomic E-state index is 12.1. The quantitative estimate of drug-likeness (QED) is 0.911. The topological polar surface area (TPSA) is 58.2 Å². The van der Waals surface area contributed by atoms with Gasteiger partial charge < -0.3 is 10.6 Å². The molecule has 2 aromatic carbocycles. The van der Waals surface area contributed by atoms with Crippen molar-refractivity contribution in [3.8, 4) is 0 Å². The Balaban J connectivity index is 2.12. The van der Waals surface area contributed by atoms with Gasteiger partial charge >= 0.3 is 0 Å². The third-order valence-corrected chi connectivity index (χ3v) is 2.91. The summed E-state index contributed by atoms with van der Waals surface area (Å²) < 4.78 is 0. The van der Waals surface area contributed by atoms with Crippen LogP contribution in [0.2, 0.25) is 0 Å². The minimum absolute atomic E-state index is 0.164. The van der Waals surface area contributed by atoms with Gasteiger partial charge in [0.1, 0.15) is 0 Å². The zero-order valence-corrected chi connectivity index (χ0v) is 13.0. The molecule has 0 heterocycles. The fourth-order valence-electron chi connectivity index (χ4n) is 1.94. The molecule has 0 spiro atoms. The van der Waals surface area contributed by atoms with Gasteiger partial charge in [0.25, 0.3) is 11.8 Å². The Morgan fingerprint density at radius 1 is 0.818 bits per heavy atom. The molecule has 2 N–H and O–H groups in total. The molecule has 0 aliphatic carbocycles. The summed E-state index contributed by atoms with van der Waals surface area (Å²) in [5, 5.41) is 5.69. The van der Waals surface area contributed by atoms with E-state index in [4.69, 9.17) is 0 Å². The molecule has 0 aliphatic rings. The third kappa shape index (κ3) is 4.45. The molecule has 0 radical (unpaired) electrons. The van der Waals surface area contributed by atoms with Crippen molar-refractivity contribution in [3.05, 3.63) is 65.7 Å². The zero-order chi connectivity index (χ0) is 16.2. The van der Waals surface area contributed by atoms with E-state index in [9.17, 15) is 9.59 Å². The summed E-state index contributed by atoms with van der Waals surface area (Å²) in [7, 11) is 0. The third-order valence-electron chi connectivity index (χ3n) is 2.91. The molecular formula is C18H20N2O2. The number of hydrogen-bond donors (Lipinski definition) is 2. The Hall–Kier alpha value is -2.62. The fraction of sp³-hybridized carbons (Fsp3) is 0.222. The highest BCUT2D eigenvalue weighted by atomic mass is 16.2. The first-order valence-corrected chi connectivity index (χ1v) is 7.14. The predicted molar refractivity (Wildman–Crippen MR) is 88.1 cm³/mol. The molecular weight excluding hydrogens is 276 g/mol. The summed E-state index contributed by atoms with van der Waals surface area (Å²) in [5.41, 5.74) is 1.38. The van der Waals surface area contributed by atoms with Crippen LogP contribution in [0.5, 0.6) is 0 Å². The van der Waals surface area contributed by atoms with E-state index >= 15 is 0 Å². The Morgan fingerprint density at radius 3 is 2.09 bits per heavy atom. The number of amides is 2. The summed E-state index contributed by atoms with van der Waals surface area (Å²) in [6.45, 7) is 5.77. The Kier molecular flexibility index (Phi) is 4.61. The number of nitrogens with one attached hydrogen (secondary N) is 2. The first-order chi connectivity index (χ1) is 10.3. The van der Waals surface area contributed by atoms with Crippen LogP contribution in [-0.2, 0) is 0 Å². The van der Waals surface area contributed by atoms with Gasteiger partial charge in [0, 0.05) is 22.4 Å². The molecule has 4 nitrogen and oxygen atoms in total. The first-order valence-electron chi connectivity index (χ1n) is 7.14. The molecule has 0 unspecified atom stereocenters. The van der Waals surface area contributed by atoms with E-state index in [1.807, 2.05) is 39.0 Å². The lowest BCUT2D eigenvalue weighted by molar-refractivity contribution is 0.0918. The van der Waals surface area contributed by atoms with Gasteiger partial charge in [0.05, 0.1) is 0 Å². The van der Waals surface area contributed by atoms with Crippen molar-refractivity contribution in [2.45, 2.75) is 26.3 Å². The van der Waals surface area contributed by atoms with Gasteiger partial charge in [-0.15, -0.1) is 0 Å². The van der Waals surface area contributed by atoms with Crippen LogP contribution in [0.4, 0.5) is 5.69 Å². The van der Waals surface area contributed by atoms with Gasteiger partial charge in [0.15, 0.2) is 0 Å². The molecule has 0 atom stereocenters. The highest BCUT2D eigenvalue weighted by molar-refractivity contribution is 6.05. The average molecular weight is 296 g/mol. The molecule has 114 valence electrons. The van der Waals surface area contributed by atoms with E-state index in [0.29, 0.717) is 16.8 Å². The van der Waals surface area contributed by atoms with Crippen LogP contribution in [-0.4, -0.2) is 17.4 Å². The average Bonchev–Trinajstić information content (AvgIpc) is 2.46. The number of rotatable bonds is 3. The lowest BCUT2D eigenvalue weighted by Crippen LogP contribution is -2.40. The van der Waals surface area contributed by atoms with E-state index < -0.39 is 0 Å². The predicted octanol–water partition coefficient (Wildman–Crippen LogP) is 3.47. The monoisotopic (exact) mass is 296 g/mol. The van der Waals surface area contributed by atoms with Crippen molar-refractivity contribution in [1.82, 2.24) is 5.32 Å². The number of carbonyl (C=O) groups is 2. The van der Waals surface area contributed by atoms with Gasteiger partial charge in [-0.3, -0.25) is 9.59 Å². The summed E-state index contributed by atoms with van der Waals surface area (Å²) in [6.07, 6.45) is 0. The van der Waals surface area contributed by atoms with Crippen LogP contribution >= 0.6 is 0 Å². The minimum Gasteiger partial charge on any atom is -0.347 e. The van der Waals surface area contributed by atoms with Crippen molar-refractivity contribution >= 4 is 17.5 Å². The number of hydrogen-bond acceptors (Lipinski definition) is 2. The molecule has 4 heteroatoms. The molecule has 0 bridgehead atoms. The minimum atomic E-state index is -0.305. The molecule has 2 amide bonds. The Bertz CT molecular complexity index is 673. The van der Waals surface area contributed by atoms with Crippen molar-refractivity contribution in [2.24, 2.45) is 0 Å². The Morgan fingerprint density at radius 2 is 1.45 bits per heavy atom. The molecule has 0 saturated carbocycles. The van der Waals surface area contributed by atoms with Crippen LogP contribution in [0, 0.1) is 0 Å². The van der Waals surface area contributed by atoms with E-state index in [2.05, 4.69) is 10.6 Å². The molecule has 22 heavy (non-hydrogen) atoms. The maximum atomic E-state index is 12.1. The van der Waals surface area contributed by atoms with Crippen molar-refractivity contribution in [2.75, 3.05) is 5.32 Å². The van der Waals surface area contributed by atoms with E-state index in [0.717, 1.165) is 0 Å². The van der Waals surface area contributed by atoms with Crippen molar-refractivity contribution in [3.63, 3.8) is 0 Å². The molecule has 0 saturated heterocycles. The second-order valence-electron chi connectivity index (χ2n) is 6.11. The number of anilines is 1. The van der Waals surface area contributed by atoms with Crippen molar-refractivity contribution < 1.29 is 9.59 Å². The van der Waals surface area contributed by atoms with E-state index in [1.54, 1.807) is 36.4 Å². The molecule has 2 aromatic rings. The van der Waals surface area contributed by atoms with Gasteiger partial charge in [-0.2, -0.15) is 0 Å². The normalized spacial score (nSPS) is 10.9. The van der Waals surface area contributed by atoms with Crippen LogP contribution in [0.25, 0.3) is 0 Å². The van der Waals surface area contributed by atoms with Gasteiger partial charge in [-0.25, -0.2) is 0 Å². The smallest absolute Gasteiger partial charge is 0.255 e. The molecule has 0 aliphatic heterocycles. The van der Waals surface area contributed by atoms with E-state index in [-0.39, 0.29) is 17.4 Å². The van der Waals surface area contributed by atoms with Crippen LogP contribution in [0.15, 0.2) is 54.6 Å². The van der Waals surface area contributed by atoms with E-state index in [1.165, 1.54) is 0 Å². The highest BCUT2D eigenvalue weighted by Crippen LogP contribution is 2.13. The molecule has 2 rings (SSSR count). The van der Waals surface area contributed by atoms with Crippen LogP contribution in [0.3, 0.4) is 0 Å². The number of carbonyl (C=O) groups excluding carboxylic acids is 2. The Labute approximate surface area is 130 Å². The van der Waals surface area contributed by atoms with Crippen molar-refractivity contribution in [1.29, 1.82) is 0 Å². The van der Waals surface area contributed by atoms with Gasteiger partial charge in [-0.1, -0.05) is 24.3 Å². The lowest BCUT2D eigenvalue weighted by Gasteiger charge is -2.20. The molecule has 0 aromatic heterocycles. The summed E-state index contributed by atoms with van der Waals surface area (Å²) in [5.74, 6) is -0.364. The van der Waals surface area contributed by atoms with Gasteiger partial charge in [0.2, 0.25) is 0 Å². The first kappa shape index (κ1) is 15.8. The molecule has 0 fully saturated rings. The summed E-state index contributed by atoms with van der Waals surface area (Å²) in [4.78, 5) is 24.3. The second-order valence-corrected chi connectivity index (χ2v) is 6.11.